The first kappa shape index (κ1) is 14.1. The Morgan fingerprint density at radius 2 is 2.16 bits per heavy atom. The van der Waals surface area contributed by atoms with E-state index in [0.717, 1.165) is 12.8 Å². The van der Waals surface area contributed by atoms with Crippen LogP contribution in [-0.2, 0) is 0 Å². The predicted octanol–water partition coefficient (Wildman–Crippen LogP) is 2.25. The smallest absolute Gasteiger partial charge is 0.253 e. The molecule has 1 fully saturated rings. The summed E-state index contributed by atoms with van der Waals surface area (Å²) < 4.78 is 0. The van der Waals surface area contributed by atoms with Gasteiger partial charge in [-0.3, -0.25) is 4.79 Å². The van der Waals surface area contributed by atoms with E-state index in [1.54, 1.807) is 18.2 Å². The van der Waals surface area contributed by atoms with Gasteiger partial charge in [-0.1, -0.05) is 6.42 Å². The van der Waals surface area contributed by atoms with Gasteiger partial charge in [-0.2, -0.15) is 11.8 Å². The van der Waals surface area contributed by atoms with Crippen LogP contribution in [-0.4, -0.2) is 23.5 Å². The second-order valence-electron chi connectivity index (χ2n) is 5.04. The van der Waals surface area contributed by atoms with Gasteiger partial charge in [0.2, 0.25) is 0 Å². The van der Waals surface area contributed by atoms with Gasteiger partial charge in [0.15, 0.2) is 0 Å². The lowest BCUT2D eigenvalue weighted by molar-refractivity contribution is 0.0929. The number of hydrogen-bond acceptors (Lipinski definition) is 4. The van der Waals surface area contributed by atoms with Crippen LogP contribution in [0.1, 0.15) is 36.0 Å². The number of thioether (sulfide) groups is 1. The summed E-state index contributed by atoms with van der Waals surface area (Å²) in [4.78, 5) is 12.2. The number of carbonyl (C=O) groups is 1. The topological polar surface area (TPSA) is 81.1 Å². The van der Waals surface area contributed by atoms with Crippen LogP contribution < -0.4 is 16.8 Å². The van der Waals surface area contributed by atoms with Crippen LogP contribution in [0.15, 0.2) is 18.2 Å². The van der Waals surface area contributed by atoms with Crippen LogP contribution in [0.4, 0.5) is 11.4 Å². The number of carbonyl (C=O) groups excluding carboxylic acids is 1. The standard InChI is InChI=1S/C14H21N3OS/c1-19-11-4-2-3-10(8-11)17-14(18)12-6-5-9(15)7-13(12)16/h5-7,10-11H,2-4,8,15-16H2,1H3,(H,17,18). The Kier molecular flexibility index (Phi) is 4.58. The van der Waals surface area contributed by atoms with E-state index in [-0.39, 0.29) is 11.9 Å². The molecule has 1 aromatic rings. The third kappa shape index (κ3) is 3.56. The number of nitrogens with two attached hydrogens (primary N) is 2. The van der Waals surface area contributed by atoms with Crippen molar-refractivity contribution in [1.82, 2.24) is 5.32 Å². The van der Waals surface area contributed by atoms with Crippen molar-refractivity contribution in [3.05, 3.63) is 23.8 Å². The van der Waals surface area contributed by atoms with Crippen LogP contribution in [0.25, 0.3) is 0 Å². The van der Waals surface area contributed by atoms with Gasteiger partial charge < -0.3 is 16.8 Å². The van der Waals surface area contributed by atoms with Crippen molar-refractivity contribution in [2.24, 2.45) is 0 Å². The highest BCUT2D eigenvalue weighted by molar-refractivity contribution is 7.99. The molecule has 0 spiro atoms. The summed E-state index contributed by atoms with van der Waals surface area (Å²) in [6.45, 7) is 0. The molecule has 4 nitrogen and oxygen atoms in total. The molecule has 2 atom stereocenters. The maximum Gasteiger partial charge on any atom is 0.253 e. The van der Waals surface area contributed by atoms with Crippen molar-refractivity contribution in [2.45, 2.75) is 37.0 Å². The Bertz CT molecular complexity index is 464. The maximum atomic E-state index is 12.2. The van der Waals surface area contributed by atoms with E-state index in [1.165, 1.54) is 12.8 Å². The summed E-state index contributed by atoms with van der Waals surface area (Å²) in [5.41, 5.74) is 13.0. The Hall–Kier alpha value is -1.36. The van der Waals surface area contributed by atoms with E-state index in [1.807, 2.05) is 11.8 Å². The Morgan fingerprint density at radius 3 is 2.84 bits per heavy atom. The molecule has 1 saturated carbocycles. The molecule has 0 bridgehead atoms. The second-order valence-corrected chi connectivity index (χ2v) is 6.18. The zero-order valence-electron chi connectivity index (χ0n) is 11.2. The van der Waals surface area contributed by atoms with Crippen LogP contribution in [0.3, 0.4) is 0 Å². The predicted molar refractivity (Wildman–Crippen MR) is 82.3 cm³/mol. The minimum Gasteiger partial charge on any atom is -0.399 e. The fourth-order valence-corrected chi connectivity index (χ4v) is 3.37. The third-order valence-electron chi connectivity index (χ3n) is 3.61. The maximum absolute atomic E-state index is 12.2. The quantitative estimate of drug-likeness (QED) is 0.741. The van der Waals surface area contributed by atoms with Crippen LogP contribution in [0, 0.1) is 0 Å². The van der Waals surface area contributed by atoms with E-state index in [0.29, 0.717) is 22.2 Å². The largest absolute Gasteiger partial charge is 0.399 e. The normalized spacial score (nSPS) is 23.0. The summed E-state index contributed by atoms with van der Waals surface area (Å²) in [6.07, 6.45) is 6.65. The molecule has 0 aromatic heterocycles. The summed E-state index contributed by atoms with van der Waals surface area (Å²) in [6, 6.07) is 5.28. The molecule has 1 aliphatic carbocycles. The third-order valence-corrected chi connectivity index (χ3v) is 4.71. The molecule has 1 aliphatic rings. The lowest BCUT2D eigenvalue weighted by Crippen LogP contribution is -2.39. The molecule has 5 heteroatoms. The summed E-state index contributed by atoms with van der Waals surface area (Å²) in [7, 11) is 0. The molecule has 104 valence electrons. The number of hydrogen-bond donors (Lipinski definition) is 3. The summed E-state index contributed by atoms with van der Waals surface area (Å²) in [5, 5.41) is 3.74. The highest BCUT2D eigenvalue weighted by Crippen LogP contribution is 2.27. The minimum atomic E-state index is -0.0933. The number of anilines is 2. The van der Waals surface area contributed by atoms with Gasteiger partial charge in [0.1, 0.15) is 0 Å². The van der Waals surface area contributed by atoms with Gasteiger partial charge in [0, 0.05) is 22.7 Å². The Balaban J connectivity index is 2.00. The van der Waals surface area contributed by atoms with Crippen molar-refractivity contribution in [3.63, 3.8) is 0 Å². The fraction of sp³-hybridized carbons (Fsp3) is 0.500. The van der Waals surface area contributed by atoms with Gasteiger partial charge in [-0.25, -0.2) is 0 Å². The summed E-state index contributed by atoms with van der Waals surface area (Å²) >= 11 is 1.88. The SMILES string of the molecule is CSC1CCCC(NC(=O)c2ccc(N)cc2N)C1. The van der Waals surface area contributed by atoms with Gasteiger partial charge in [0.05, 0.1) is 5.56 Å². The number of amides is 1. The fourth-order valence-electron chi connectivity index (χ4n) is 2.54. The molecule has 2 unspecified atom stereocenters. The average Bonchev–Trinajstić information content (AvgIpc) is 2.38. The van der Waals surface area contributed by atoms with E-state index >= 15 is 0 Å². The van der Waals surface area contributed by atoms with Crippen LogP contribution in [0.5, 0.6) is 0 Å². The van der Waals surface area contributed by atoms with E-state index in [4.69, 9.17) is 11.5 Å². The zero-order valence-corrected chi connectivity index (χ0v) is 12.0. The van der Waals surface area contributed by atoms with Crippen molar-refractivity contribution in [2.75, 3.05) is 17.7 Å². The Morgan fingerprint density at radius 1 is 1.37 bits per heavy atom. The highest BCUT2D eigenvalue weighted by atomic mass is 32.2. The molecule has 0 radical (unpaired) electrons. The summed E-state index contributed by atoms with van der Waals surface area (Å²) in [5.74, 6) is -0.0933. The molecule has 19 heavy (non-hydrogen) atoms. The average molecular weight is 279 g/mol. The molecule has 0 saturated heterocycles. The molecule has 2 rings (SSSR count). The number of rotatable bonds is 3. The number of benzene rings is 1. The molecule has 0 aliphatic heterocycles. The number of nitrogen functional groups attached to an aromatic ring is 2. The van der Waals surface area contributed by atoms with E-state index in [9.17, 15) is 4.79 Å². The van der Waals surface area contributed by atoms with E-state index in [2.05, 4.69) is 11.6 Å². The molecular formula is C14H21N3OS. The molecule has 5 N–H and O–H groups in total. The second kappa shape index (κ2) is 6.19. The first-order valence-electron chi connectivity index (χ1n) is 6.59. The molecular weight excluding hydrogens is 258 g/mol. The lowest BCUT2D eigenvalue weighted by atomic mass is 9.94. The van der Waals surface area contributed by atoms with Crippen LogP contribution in [0.2, 0.25) is 0 Å². The zero-order chi connectivity index (χ0) is 13.8. The van der Waals surface area contributed by atoms with Crippen molar-refractivity contribution < 1.29 is 4.79 Å². The van der Waals surface area contributed by atoms with Gasteiger partial charge in [-0.05, 0) is 43.7 Å². The first-order valence-corrected chi connectivity index (χ1v) is 7.87. The molecule has 0 heterocycles. The van der Waals surface area contributed by atoms with Crippen molar-refractivity contribution in [3.8, 4) is 0 Å². The van der Waals surface area contributed by atoms with Gasteiger partial charge in [-0.15, -0.1) is 0 Å². The Labute approximate surface area is 118 Å². The lowest BCUT2D eigenvalue weighted by Gasteiger charge is -2.28. The highest BCUT2D eigenvalue weighted by Gasteiger charge is 2.23. The monoisotopic (exact) mass is 279 g/mol. The number of nitrogens with one attached hydrogen (secondary N) is 1. The molecule has 1 aromatic carbocycles. The molecule has 1 amide bonds. The minimum absolute atomic E-state index is 0.0933. The first-order chi connectivity index (χ1) is 9.10. The van der Waals surface area contributed by atoms with E-state index < -0.39 is 0 Å². The van der Waals surface area contributed by atoms with Gasteiger partial charge in [0.25, 0.3) is 5.91 Å². The van der Waals surface area contributed by atoms with Crippen LogP contribution >= 0.6 is 11.8 Å². The van der Waals surface area contributed by atoms with Crippen molar-refractivity contribution >= 4 is 29.0 Å². The van der Waals surface area contributed by atoms with Gasteiger partial charge >= 0.3 is 0 Å². The van der Waals surface area contributed by atoms with Crippen molar-refractivity contribution in [1.29, 1.82) is 0 Å².